The molecule has 0 saturated carbocycles. The van der Waals surface area contributed by atoms with E-state index in [9.17, 15) is 0 Å². The molecule has 0 spiro atoms. The van der Waals surface area contributed by atoms with Crippen molar-refractivity contribution in [2.45, 2.75) is 26.2 Å². The van der Waals surface area contributed by atoms with E-state index in [4.69, 9.17) is 7.85 Å². The maximum atomic E-state index is 6.20. The zero-order valence-electron chi connectivity index (χ0n) is 11.0. The molecule has 18 heavy (non-hydrogen) atoms. The van der Waals surface area contributed by atoms with Crippen LogP contribution in [0, 0.1) is 0 Å². The first-order valence-corrected chi connectivity index (χ1v) is 6.84. The lowest BCUT2D eigenvalue weighted by molar-refractivity contribution is 0.591. The first-order chi connectivity index (χ1) is 8.39. The molecule has 2 heteroatoms. The minimum atomic E-state index is 0.126. The minimum Gasteiger partial charge on any atom is -0.0886 e. The summed E-state index contributed by atoms with van der Waals surface area (Å²) in [6, 6.07) is 14.5. The summed E-state index contributed by atoms with van der Waals surface area (Å²) in [7, 11) is 6.20. The summed E-state index contributed by atoms with van der Waals surface area (Å²) >= 11 is 3.57. The van der Waals surface area contributed by atoms with Gasteiger partial charge in [0.05, 0.1) is 0 Å². The molecule has 2 rings (SSSR count). The molecular formula is C16H16BBr. The molecule has 0 heterocycles. The van der Waals surface area contributed by atoms with Crippen molar-refractivity contribution in [2.75, 3.05) is 0 Å². The highest BCUT2D eigenvalue weighted by Crippen LogP contribution is 2.28. The summed E-state index contributed by atoms with van der Waals surface area (Å²) in [5.74, 6) is 0. The third kappa shape index (κ3) is 2.69. The van der Waals surface area contributed by atoms with Gasteiger partial charge in [0, 0.05) is 4.47 Å². The number of halogens is 1. The number of hydrogen-bond donors (Lipinski definition) is 0. The molecule has 0 N–H and O–H groups in total. The van der Waals surface area contributed by atoms with Crippen molar-refractivity contribution in [1.29, 1.82) is 0 Å². The van der Waals surface area contributed by atoms with Crippen LogP contribution in [-0.4, -0.2) is 7.85 Å². The van der Waals surface area contributed by atoms with E-state index in [-0.39, 0.29) is 5.41 Å². The van der Waals surface area contributed by atoms with Gasteiger partial charge < -0.3 is 0 Å². The third-order valence-corrected chi connectivity index (χ3v) is 3.77. The van der Waals surface area contributed by atoms with E-state index in [2.05, 4.69) is 61.0 Å². The highest BCUT2D eigenvalue weighted by Gasteiger charge is 2.15. The Kier molecular flexibility index (Phi) is 3.67. The second kappa shape index (κ2) is 4.93. The lowest BCUT2D eigenvalue weighted by Crippen LogP contribution is -2.16. The van der Waals surface area contributed by atoms with Crippen LogP contribution < -0.4 is 5.46 Å². The molecule has 0 bridgehead atoms. The molecule has 0 saturated heterocycles. The Hall–Kier alpha value is -1.02. The SMILES string of the molecule is [B]c1cc(C(C)(C)C)ccc1-c1ccccc1Br. The van der Waals surface area contributed by atoms with Crippen LogP contribution in [0.3, 0.4) is 0 Å². The molecule has 90 valence electrons. The van der Waals surface area contributed by atoms with Gasteiger partial charge in [0.15, 0.2) is 0 Å². The maximum Gasteiger partial charge on any atom is 0.114 e. The van der Waals surface area contributed by atoms with E-state index in [1.54, 1.807) is 0 Å². The number of benzene rings is 2. The van der Waals surface area contributed by atoms with E-state index in [0.717, 1.165) is 21.1 Å². The van der Waals surface area contributed by atoms with Crippen LogP contribution in [0.4, 0.5) is 0 Å². The molecule has 2 aromatic carbocycles. The third-order valence-electron chi connectivity index (χ3n) is 3.08. The fourth-order valence-electron chi connectivity index (χ4n) is 1.95. The Morgan fingerprint density at radius 2 is 1.61 bits per heavy atom. The number of rotatable bonds is 1. The van der Waals surface area contributed by atoms with Crippen LogP contribution in [0.25, 0.3) is 11.1 Å². The summed E-state index contributed by atoms with van der Waals surface area (Å²) in [6.45, 7) is 6.58. The largest absolute Gasteiger partial charge is 0.114 e. The Balaban J connectivity index is 2.52. The van der Waals surface area contributed by atoms with Crippen LogP contribution in [0.15, 0.2) is 46.9 Å². The summed E-state index contributed by atoms with van der Waals surface area (Å²) in [6.07, 6.45) is 0. The molecule has 2 aromatic rings. The Morgan fingerprint density at radius 3 is 2.17 bits per heavy atom. The molecule has 2 radical (unpaired) electrons. The highest BCUT2D eigenvalue weighted by atomic mass is 79.9. The lowest BCUT2D eigenvalue weighted by Gasteiger charge is -2.21. The fraction of sp³-hybridized carbons (Fsp3) is 0.250. The van der Waals surface area contributed by atoms with Gasteiger partial charge in [-0.25, -0.2) is 0 Å². The van der Waals surface area contributed by atoms with Crippen molar-refractivity contribution in [1.82, 2.24) is 0 Å². The van der Waals surface area contributed by atoms with Gasteiger partial charge in [0.1, 0.15) is 7.85 Å². The van der Waals surface area contributed by atoms with Gasteiger partial charge in [-0.3, -0.25) is 0 Å². The Labute approximate surface area is 119 Å². The van der Waals surface area contributed by atoms with Gasteiger partial charge in [-0.2, -0.15) is 0 Å². The second-order valence-electron chi connectivity index (χ2n) is 5.53. The lowest BCUT2D eigenvalue weighted by atomic mass is 9.79. The summed E-state index contributed by atoms with van der Waals surface area (Å²) in [4.78, 5) is 0. The van der Waals surface area contributed by atoms with E-state index < -0.39 is 0 Å². The van der Waals surface area contributed by atoms with Crippen LogP contribution in [0.1, 0.15) is 26.3 Å². The van der Waals surface area contributed by atoms with Crippen molar-refractivity contribution >= 4 is 29.2 Å². The zero-order valence-corrected chi connectivity index (χ0v) is 12.6. The second-order valence-corrected chi connectivity index (χ2v) is 6.39. The van der Waals surface area contributed by atoms with Gasteiger partial charge in [-0.15, -0.1) is 0 Å². The first-order valence-electron chi connectivity index (χ1n) is 6.04. The van der Waals surface area contributed by atoms with Gasteiger partial charge in [-0.05, 0) is 28.2 Å². The first kappa shape index (κ1) is 13.4. The quantitative estimate of drug-likeness (QED) is 0.692. The number of hydrogen-bond acceptors (Lipinski definition) is 0. The molecule has 0 atom stereocenters. The van der Waals surface area contributed by atoms with Crippen LogP contribution in [0.5, 0.6) is 0 Å². The van der Waals surface area contributed by atoms with Gasteiger partial charge in [-0.1, -0.05) is 78.6 Å². The zero-order chi connectivity index (χ0) is 13.3. The average molecular weight is 299 g/mol. The van der Waals surface area contributed by atoms with E-state index in [1.807, 2.05) is 18.2 Å². The van der Waals surface area contributed by atoms with Crippen molar-refractivity contribution in [2.24, 2.45) is 0 Å². The van der Waals surface area contributed by atoms with E-state index >= 15 is 0 Å². The topological polar surface area (TPSA) is 0 Å². The summed E-state index contributed by atoms with van der Waals surface area (Å²) < 4.78 is 1.07. The molecule has 0 unspecified atom stereocenters. The minimum absolute atomic E-state index is 0.126. The van der Waals surface area contributed by atoms with Crippen molar-refractivity contribution in [3.8, 4) is 11.1 Å². The summed E-state index contributed by atoms with van der Waals surface area (Å²) in [5, 5.41) is 0. The monoisotopic (exact) mass is 298 g/mol. The highest BCUT2D eigenvalue weighted by molar-refractivity contribution is 9.10. The molecule has 0 aliphatic rings. The van der Waals surface area contributed by atoms with Gasteiger partial charge in [0.2, 0.25) is 0 Å². The predicted molar refractivity (Wildman–Crippen MR) is 83.7 cm³/mol. The smallest absolute Gasteiger partial charge is 0.0886 e. The predicted octanol–water partition coefficient (Wildman–Crippen LogP) is 4.21. The van der Waals surface area contributed by atoms with Crippen molar-refractivity contribution in [3.63, 3.8) is 0 Å². The Bertz CT molecular complexity index is 568. The van der Waals surface area contributed by atoms with Crippen LogP contribution in [-0.2, 0) is 5.41 Å². The van der Waals surface area contributed by atoms with Crippen molar-refractivity contribution in [3.05, 3.63) is 52.5 Å². The average Bonchev–Trinajstić information content (AvgIpc) is 2.29. The molecule has 0 aliphatic carbocycles. The van der Waals surface area contributed by atoms with Crippen LogP contribution >= 0.6 is 15.9 Å². The van der Waals surface area contributed by atoms with Gasteiger partial charge >= 0.3 is 0 Å². The summed E-state index contributed by atoms with van der Waals surface area (Å²) in [5.41, 5.74) is 4.43. The fourth-order valence-corrected chi connectivity index (χ4v) is 2.45. The Morgan fingerprint density at radius 1 is 0.944 bits per heavy atom. The van der Waals surface area contributed by atoms with E-state index in [0.29, 0.717) is 0 Å². The molecular weight excluding hydrogens is 283 g/mol. The molecule has 0 nitrogen and oxygen atoms in total. The normalized spacial score (nSPS) is 11.6. The van der Waals surface area contributed by atoms with E-state index in [1.165, 1.54) is 5.56 Å². The standard InChI is InChI=1S/C16H16BBr/c1-16(2,3)11-8-9-12(14(17)10-11)13-6-4-5-7-15(13)18/h4-10H,1-3H3. The van der Waals surface area contributed by atoms with Crippen molar-refractivity contribution < 1.29 is 0 Å². The molecule has 0 fully saturated rings. The van der Waals surface area contributed by atoms with Crippen LogP contribution in [0.2, 0.25) is 0 Å². The van der Waals surface area contributed by atoms with Gasteiger partial charge in [0.25, 0.3) is 0 Å². The molecule has 0 aromatic heterocycles. The molecule has 0 aliphatic heterocycles. The molecule has 0 amide bonds. The maximum absolute atomic E-state index is 6.20.